The van der Waals surface area contributed by atoms with Gasteiger partial charge < -0.3 is 5.32 Å². The predicted molar refractivity (Wildman–Crippen MR) is 91.9 cm³/mol. The van der Waals surface area contributed by atoms with Crippen LogP contribution >= 0.6 is 15.9 Å². The van der Waals surface area contributed by atoms with Crippen LogP contribution in [0.3, 0.4) is 0 Å². The molecule has 1 N–H and O–H groups in total. The van der Waals surface area contributed by atoms with Gasteiger partial charge in [-0.05, 0) is 47.7 Å². The number of hydrogen-bond acceptors (Lipinski definition) is 1. The Kier molecular flexibility index (Phi) is 4.71. The van der Waals surface area contributed by atoms with Gasteiger partial charge in [-0.1, -0.05) is 48.8 Å². The first-order chi connectivity index (χ1) is 10.2. The summed E-state index contributed by atoms with van der Waals surface area (Å²) in [5.74, 6) is -0.642. The molecule has 0 aliphatic carbocycles. The van der Waals surface area contributed by atoms with Gasteiger partial charge in [-0.25, -0.2) is 4.39 Å². The maximum Gasteiger partial charge on any atom is 0.255 e. The Morgan fingerprint density at radius 2 is 1.73 bits per heavy atom. The zero-order valence-electron chi connectivity index (χ0n) is 13.1. The minimum atomic E-state index is -0.393. The van der Waals surface area contributed by atoms with E-state index >= 15 is 0 Å². The molecule has 4 heteroatoms. The van der Waals surface area contributed by atoms with Crippen molar-refractivity contribution in [3.05, 3.63) is 63.4 Å². The van der Waals surface area contributed by atoms with Gasteiger partial charge in [0.15, 0.2) is 0 Å². The maximum atomic E-state index is 13.5. The number of carbonyl (C=O) groups excluding carboxylic acids is 1. The molecule has 0 bridgehead atoms. The van der Waals surface area contributed by atoms with E-state index in [9.17, 15) is 9.18 Å². The molecular formula is C18H19BrFNO. The fraction of sp³-hybridized carbons (Fsp3) is 0.278. The topological polar surface area (TPSA) is 29.1 Å². The zero-order chi connectivity index (χ0) is 16.5. The second-order valence-electron chi connectivity index (χ2n) is 6.34. The summed E-state index contributed by atoms with van der Waals surface area (Å²) in [5.41, 5.74) is 3.01. The van der Waals surface area contributed by atoms with Gasteiger partial charge in [0.25, 0.3) is 5.91 Å². The van der Waals surface area contributed by atoms with Crippen LogP contribution in [0.4, 0.5) is 10.1 Å². The van der Waals surface area contributed by atoms with Crippen molar-refractivity contribution < 1.29 is 9.18 Å². The lowest BCUT2D eigenvalue weighted by molar-refractivity contribution is 0.102. The summed E-state index contributed by atoms with van der Waals surface area (Å²) in [6, 6.07) is 10.2. The molecule has 0 aliphatic rings. The average Bonchev–Trinajstić information content (AvgIpc) is 2.43. The molecule has 0 aromatic heterocycles. The maximum absolute atomic E-state index is 13.5. The van der Waals surface area contributed by atoms with Crippen LogP contribution in [0.2, 0.25) is 0 Å². The average molecular weight is 364 g/mol. The van der Waals surface area contributed by atoms with Gasteiger partial charge in [-0.2, -0.15) is 0 Å². The second kappa shape index (κ2) is 6.21. The Bertz CT molecular complexity index is 702. The standard InChI is InChI=1S/C18H19BrFNO/c1-11-15(19)9-14(20)10-16(11)21-17(22)12-5-7-13(8-6-12)18(2,3)4/h5-10H,1-4H3,(H,21,22). The molecule has 0 saturated heterocycles. The van der Waals surface area contributed by atoms with Crippen molar-refractivity contribution in [3.63, 3.8) is 0 Å². The third-order valence-corrected chi connectivity index (χ3v) is 4.39. The summed E-state index contributed by atoms with van der Waals surface area (Å²) in [6.07, 6.45) is 0. The third kappa shape index (κ3) is 3.74. The van der Waals surface area contributed by atoms with Gasteiger partial charge in [0.05, 0.1) is 0 Å². The van der Waals surface area contributed by atoms with Crippen molar-refractivity contribution in [2.45, 2.75) is 33.1 Å². The highest BCUT2D eigenvalue weighted by molar-refractivity contribution is 9.10. The van der Waals surface area contributed by atoms with E-state index in [1.165, 1.54) is 12.1 Å². The highest BCUT2D eigenvalue weighted by atomic mass is 79.9. The van der Waals surface area contributed by atoms with Crippen LogP contribution in [0.5, 0.6) is 0 Å². The van der Waals surface area contributed by atoms with E-state index in [4.69, 9.17) is 0 Å². The summed E-state index contributed by atoms with van der Waals surface area (Å²) >= 11 is 3.28. The molecule has 1 amide bonds. The molecule has 2 aromatic rings. The Labute approximate surface area is 138 Å². The molecule has 22 heavy (non-hydrogen) atoms. The number of halogens is 2. The molecular weight excluding hydrogens is 345 g/mol. The number of rotatable bonds is 2. The second-order valence-corrected chi connectivity index (χ2v) is 7.20. The number of amides is 1. The largest absolute Gasteiger partial charge is 0.322 e. The first kappa shape index (κ1) is 16.7. The molecule has 116 valence electrons. The Morgan fingerprint density at radius 3 is 2.27 bits per heavy atom. The third-order valence-electron chi connectivity index (χ3n) is 3.57. The molecule has 0 heterocycles. The van der Waals surface area contributed by atoms with Crippen LogP contribution in [-0.4, -0.2) is 5.91 Å². The smallest absolute Gasteiger partial charge is 0.255 e. The number of carbonyl (C=O) groups is 1. The Morgan fingerprint density at radius 1 is 1.14 bits per heavy atom. The molecule has 2 nitrogen and oxygen atoms in total. The van der Waals surface area contributed by atoms with Crippen molar-refractivity contribution >= 4 is 27.5 Å². The molecule has 0 unspecified atom stereocenters. The minimum absolute atomic E-state index is 0.0407. The lowest BCUT2D eigenvalue weighted by atomic mass is 9.87. The SMILES string of the molecule is Cc1c(Br)cc(F)cc1NC(=O)c1ccc(C(C)(C)C)cc1. The van der Waals surface area contributed by atoms with E-state index in [-0.39, 0.29) is 11.3 Å². The van der Waals surface area contributed by atoms with E-state index < -0.39 is 5.82 Å². The number of nitrogens with one attached hydrogen (secondary N) is 1. The summed E-state index contributed by atoms with van der Waals surface area (Å²) in [5, 5.41) is 2.76. The van der Waals surface area contributed by atoms with E-state index in [0.29, 0.717) is 15.7 Å². The molecule has 0 spiro atoms. The van der Waals surface area contributed by atoms with Gasteiger partial charge in [0.2, 0.25) is 0 Å². The van der Waals surface area contributed by atoms with Crippen LogP contribution in [0.15, 0.2) is 40.9 Å². The summed E-state index contributed by atoms with van der Waals surface area (Å²) in [4.78, 5) is 12.3. The molecule has 2 rings (SSSR count). The molecule has 0 fully saturated rings. The van der Waals surface area contributed by atoms with Gasteiger partial charge in [0, 0.05) is 15.7 Å². The van der Waals surface area contributed by atoms with Crippen LogP contribution in [0, 0.1) is 12.7 Å². The van der Waals surface area contributed by atoms with E-state index in [1.807, 2.05) is 19.1 Å². The first-order valence-electron chi connectivity index (χ1n) is 7.06. The number of hydrogen-bond donors (Lipinski definition) is 1. The van der Waals surface area contributed by atoms with Crippen LogP contribution in [0.25, 0.3) is 0 Å². The lowest BCUT2D eigenvalue weighted by Crippen LogP contribution is -2.15. The molecule has 0 radical (unpaired) electrons. The highest BCUT2D eigenvalue weighted by Crippen LogP contribution is 2.26. The van der Waals surface area contributed by atoms with Crippen molar-refractivity contribution in [1.82, 2.24) is 0 Å². The van der Waals surface area contributed by atoms with Crippen molar-refractivity contribution in [2.75, 3.05) is 5.32 Å². The van der Waals surface area contributed by atoms with Crippen LogP contribution < -0.4 is 5.32 Å². The van der Waals surface area contributed by atoms with Crippen molar-refractivity contribution in [3.8, 4) is 0 Å². The summed E-state index contributed by atoms with van der Waals surface area (Å²) in [7, 11) is 0. The van der Waals surface area contributed by atoms with Gasteiger partial charge in [-0.3, -0.25) is 4.79 Å². The number of anilines is 1. The fourth-order valence-corrected chi connectivity index (χ4v) is 2.52. The molecule has 0 atom stereocenters. The normalized spacial score (nSPS) is 11.4. The highest BCUT2D eigenvalue weighted by Gasteiger charge is 2.15. The molecule has 0 saturated carbocycles. The number of benzene rings is 2. The molecule has 0 aliphatic heterocycles. The van der Waals surface area contributed by atoms with Gasteiger partial charge in [0.1, 0.15) is 5.82 Å². The van der Waals surface area contributed by atoms with Gasteiger partial charge in [-0.15, -0.1) is 0 Å². The minimum Gasteiger partial charge on any atom is -0.322 e. The lowest BCUT2D eigenvalue weighted by Gasteiger charge is -2.19. The van der Waals surface area contributed by atoms with Crippen molar-refractivity contribution in [1.29, 1.82) is 0 Å². The predicted octanol–water partition coefficient (Wildman–Crippen LogP) is 5.45. The van der Waals surface area contributed by atoms with E-state index in [1.54, 1.807) is 12.1 Å². The Balaban J connectivity index is 2.23. The van der Waals surface area contributed by atoms with Crippen LogP contribution in [0.1, 0.15) is 42.3 Å². The van der Waals surface area contributed by atoms with E-state index in [0.717, 1.165) is 11.1 Å². The quantitative estimate of drug-likeness (QED) is 0.755. The first-order valence-corrected chi connectivity index (χ1v) is 7.85. The van der Waals surface area contributed by atoms with Gasteiger partial charge >= 0.3 is 0 Å². The monoisotopic (exact) mass is 363 g/mol. The van der Waals surface area contributed by atoms with Crippen LogP contribution in [-0.2, 0) is 5.41 Å². The molecule has 2 aromatic carbocycles. The van der Waals surface area contributed by atoms with E-state index in [2.05, 4.69) is 42.0 Å². The Hall–Kier alpha value is -1.68. The summed E-state index contributed by atoms with van der Waals surface area (Å²) in [6.45, 7) is 8.18. The zero-order valence-corrected chi connectivity index (χ0v) is 14.7. The fourth-order valence-electron chi connectivity index (χ4n) is 2.09. The van der Waals surface area contributed by atoms with Crippen molar-refractivity contribution in [2.24, 2.45) is 0 Å². The summed E-state index contributed by atoms with van der Waals surface area (Å²) < 4.78 is 14.1.